The molecule has 0 radical (unpaired) electrons. The van der Waals surface area contributed by atoms with Crippen molar-refractivity contribution in [2.45, 2.75) is 32.9 Å². The van der Waals surface area contributed by atoms with E-state index < -0.39 is 0 Å². The van der Waals surface area contributed by atoms with Crippen molar-refractivity contribution < 1.29 is 4.79 Å². The van der Waals surface area contributed by atoms with E-state index in [0.29, 0.717) is 6.54 Å². The molecule has 0 spiro atoms. The highest BCUT2D eigenvalue weighted by Gasteiger charge is 2.26. The molecule has 2 N–H and O–H groups in total. The molecule has 1 aliphatic heterocycles. The van der Waals surface area contributed by atoms with Crippen LogP contribution in [0.5, 0.6) is 0 Å². The number of fused-ring (bicyclic) bond motifs is 1. The summed E-state index contributed by atoms with van der Waals surface area (Å²) in [6, 6.07) is 7.88. The lowest BCUT2D eigenvalue weighted by Gasteiger charge is -2.12. The Bertz CT molecular complexity index is 665. The molecule has 0 saturated heterocycles. The standard InChI is InChI=1S/C16H20N4O/c1-10-13(11(2)20(3)19-10)9-17-16(21)15-8-12-6-4-5-7-14(12)18-15/h4-7,15,18H,8-9H2,1-3H3,(H,17,21). The van der Waals surface area contributed by atoms with Gasteiger partial charge in [-0.3, -0.25) is 9.48 Å². The Morgan fingerprint density at radius 2 is 2.19 bits per heavy atom. The zero-order valence-corrected chi connectivity index (χ0v) is 12.6. The van der Waals surface area contributed by atoms with E-state index in [-0.39, 0.29) is 11.9 Å². The van der Waals surface area contributed by atoms with Crippen molar-refractivity contribution in [3.63, 3.8) is 0 Å². The van der Waals surface area contributed by atoms with Crippen LogP contribution < -0.4 is 10.6 Å². The van der Waals surface area contributed by atoms with Gasteiger partial charge in [0.1, 0.15) is 6.04 Å². The van der Waals surface area contributed by atoms with Gasteiger partial charge in [-0.05, 0) is 25.5 Å². The van der Waals surface area contributed by atoms with Crippen LogP contribution in [0.25, 0.3) is 0 Å². The Morgan fingerprint density at radius 1 is 1.43 bits per heavy atom. The van der Waals surface area contributed by atoms with Crippen molar-refractivity contribution >= 4 is 11.6 Å². The first kappa shape index (κ1) is 13.7. The molecule has 110 valence electrons. The predicted molar refractivity (Wildman–Crippen MR) is 82.1 cm³/mol. The summed E-state index contributed by atoms with van der Waals surface area (Å²) in [5.41, 5.74) is 5.42. The van der Waals surface area contributed by atoms with Crippen LogP contribution in [0.2, 0.25) is 0 Å². The fraction of sp³-hybridized carbons (Fsp3) is 0.375. The second kappa shape index (κ2) is 5.24. The van der Waals surface area contributed by atoms with Gasteiger partial charge in [-0.15, -0.1) is 0 Å². The summed E-state index contributed by atoms with van der Waals surface area (Å²) in [7, 11) is 1.92. The maximum atomic E-state index is 12.3. The second-order valence-corrected chi connectivity index (χ2v) is 5.55. The number of anilines is 1. The molecule has 0 bridgehead atoms. The Hall–Kier alpha value is -2.30. The van der Waals surface area contributed by atoms with Gasteiger partial charge in [0, 0.05) is 37.0 Å². The van der Waals surface area contributed by atoms with Crippen molar-refractivity contribution in [2.75, 3.05) is 5.32 Å². The summed E-state index contributed by atoms with van der Waals surface area (Å²) >= 11 is 0. The number of carbonyl (C=O) groups excluding carboxylic acids is 1. The normalized spacial score (nSPS) is 16.4. The lowest BCUT2D eigenvalue weighted by atomic mass is 10.1. The van der Waals surface area contributed by atoms with E-state index >= 15 is 0 Å². The molecule has 21 heavy (non-hydrogen) atoms. The van der Waals surface area contributed by atoms with Crippen LogP contribution >= 0.6 is 0 Å². The minimum Gasteiger partial charge on any atom is -0.373 e. The number of aromatic nitrogens is 2. The van der Waals surface area contributed by atoms with E-state index in [1.165, 1.54) is 5.56 Å². The van der Waals surface area contributed by atoms with Crippen LogP contribution in [-0.2, 0) is 24.8 Å². The number of benzene rings is 1. The Morgan fingerprint density at radius 3 is 2.86 bits per heavy atom. The monoisotopic (exact) mass is 284 g/mol. The van der Waals surface area contributed by atoms with E-state index in [1.54, 1.807) is 0 Å². The lowest BCUT2D eigenvalue weighted by molar-refractivity contribution is -0.121. The average Bonchev–Trinajstić information content (AvgIpc) is 2.99. The zero-order valence-electron chi connectivity index (χ0n) is 12.6. The number of amides is 1. The summed E-state index contributed by atoms with van der Waals surface area (Å²) in [5, 5.41) is 10.7. The number of carbonyl (C=O) groups is 1. The number of nitrogens with zero attached hydrogens (tertiary/aromatic N) is 2. The third kappa shape index (κ3) is 2.51. The Balaban J connectivity index is 1.63. The summed E-state index contributed by atoms with van der Waals surface area (Å²) in [6.45, 7) is 4.52. The Kier molecular flexibility index (Phi) is 3.41. The van der Waals surface area contributed by atoms with E-state index in [1.807, 2.05) is 43.8 Å². The fourth-order valence-electron chi connectivity index (χ4n) is 2.83. The van der Waals surface area contributed by atoms with Crippen molar-refractivity contribution in [2.24, 2.45) is 7.05 Å². The van der Waals surface area contributed by atoms with Crippen molar-refractivity contribution in [3.05, 3.63) is 46.8 Å². The van der Waals surface area contributed by atoms with Gasteiger partial charge in [-0.25, -0.2) is 0 Å². The Labute approximate surface area is 124 Å². The molecule has 1 aromatic carbocycles. The molecule has 1 aliphatic rings. The topological polar surface area (TPSA) is 59.0 Å². The molecule has 2 heterocycles. The number of nitrogens with one attached hydrogen (secondary N) is 2. The molecule has 3 rings (SSSR count). The lowest BCUT2D eigenvalue weighted by Crippen LogP contribution is -2.38. The van der Waals surface area contributed by atoms with E-state index in [9.17, 15) is 4.79 Å². The molecule has 5 nitrogen and oxygen atoms in total. The van der Waals surface area contributed by atoms with Crippen LogP contribution in [0, 0.1) is 13.8 Å². The minimum absolute atomic E-state index is 0.0360. The van der Waals surface area contributed by atoms with Crippen LogP contribution in [-0.4, -0.2) is 21.7 Å². The van der Waals surface area contributed by atoms with Crippen molar-refractivity contribution in [1.29, 1.82) is 0 Å². The predicted octanol–water partition coefficient (Wildman–Crippen LogP) is 1.69. The summed E-state index contributed by atoms with van der Waals surface area (Å²) in [4.78, 5) is 12.3. The van der Waals surface area contributed by atoms with Gasteiger partial charge < -0.3 is 10.6 Å². The van der Waals surface area contributed by atoms with Crippen molar-refractivity contribution in [3.8, 4) is 0 Å². The number of hydrogen-bond acceptors (Lipinski definition) is 3. The first-order chi connectivity index (χ1) is 10.1. The molecule has 1 atom stereocenters. The minimum atomic E-state index is -0.181. The van der Waals surface area contributed by atoms with Crippen LogP contribution in [0.3, 0.4) is 0 Å². The number of para-hydroxylation sites is 1. The zero-order chi connectivity index (χ0) is 15.0. The summed E-state index contributed by atoms with van der Waals surface area (Å²) < 4.78 is 1.85. The fourth-order valence-corrected chi connectivity index (χ4v) is 2.83. The van der Waals surface area contributed by atoms with Gasteiger partial charge in [0.25, 0.3) is 0 Å². The second-order valence-electron chi connectivity index (χ2n) is 5.55. The molecule has 2 aromatic rings. The van der Waals surface area contributed by atoms with Gasteiger partial charge in [-0.2, -0.15) is 5.10 Å². The molecule has 5 heteroatoms. The summed E-state index contributed by atoms with van der Waals surface area (Å²) in [6.07, 6.45) is 0.743. The van der Waals surface area contributed by atoms with Crippen LogP contribution in [0.4, 0.5) is 5.69 Å². The summed E-state index contributed by atoms with van der Waals surface area (Å²) in [5.74, 6) is 0.0360. The number of aryl methyl sites for hydroxylation is 2. The SMILES string of the molecule is Cc1nn(C)c(C)c1CNC(=O)C1Cc2ccccc2N1. The maximum Gasteiger partial charge on any atom is 0.243 e. The van der Waals surface area contributed by atoms with E-state index in [4.69, 9.17) is 0 Å². The van der Waals surface area contributed by atoms with Crippen LogP contribution in [0.15, 0.2) is 24.3 Å². The van der Waals surface area contributed by atoms with Crippen LogP contribution in [0.1, 0.15) is 22.5 Å². The molecule has 1 aromatic heterocycles. The maximum absolute atomic E-state index is 12.3. The number of hydrogen-bond donors (Lipinski definition) is 2. The van der Waals surface area contributed by atoms with Gasteiger partial charge >= 0.3 is 0 Å². The quantitative estimate of drug-likeness (QED) is 0.901. The van der Waals surface area contributed by atoms with Gasteiger partial charge in [0.2, 0.25) is 5.91 Å². The molecule has 1 unspecified atom stereocenters. The largest absolute Gasteiger partial charge is 0.373 e. The van der Waals surface area contributed by atoms with Gasteiger partial charge in [-0.1, -0.05) is 18.2 Å². The highest BCUT2D eigenvalue weighted by molar-refractivity contribution is 5.87. The van der Waals surface area contributed by atoms with Gasteiger partial charge in [0.05, 0.1) is 5.69 Å². The molecule has 0 saturated carbocycles. The first-order valence-electron chi connectivity index (χ1n) is 7.17. The third-order valence-electron chi connectivity index (χ3n) is 4.19. The average molecular weight is 284 g/mol. The molecule has 0 aliphatic carbocycles. The molecular weight excluding hydrogens is 264 g/mol. The van der Waals surface area contributed by atoms with E-state index in [0.717, 1.165) is 29.1 Å². The molecular formula is C16H20N4O. The third-order valence-corrected chi connectivity index (χ3v) is 4.19. The van der Waals surface area contributed by atoms with Crippen molar-refractivity contribution in [1.82, 2.24) is 15.1 Å². The van der Waals surface area contributed by atoms with E-state index in [2.05, 4.69) is 21.8 Å². The van der Waals surface area contributed by atoms with Gasteiger partial charge in [0.15, 0.2) is 0 Å². The first-order valence-corrected chi connectivity index (χ1v) is 7.17. The highest BCUT2D eigenvalue weighted by atomic mass is 16.2. The molecule has 0 fully saturated rings. The molecule has 1 amide bonds. The number of rotatable bonds is 3. The highest BCUT2D eigenvalue weighted by Crippen LogP contribution is 2.25. The smallest absolute Gasteiger partial charge is 0.243 e.